The van der Waals surface area contributed by atoms with E-state index in [1.165, 1.54) is 6.07 Å². The number of sulfonamides is 1. The molecule has 1 fully saturated rings. The van der Waals surface area contributed by atoms with Crippen LogP contribution in [0.15, 0.2) is 58.1 Å². The molecular formula is C22H23N3O4S2. The summed E-state index contributed by atoms with van der Waals surface area (Å²) in [4.78, 5) is 26.9. The van der Waals surface area contributed by atoms with Crippen molar-refractivity contribution in [1.82, 2.24) is 10.2 Å². The predicted octanol–water partition coefficient (Wildman–Crippen LogP) is 3.44. The van der Waals surface area contributed by atoms with Gasteiger partial charge in [0, 0.05) is 26.1 Å². The molecule has 1 aromatic heterocycles. The summed E-state index contributed by atoms with van der Waals surface area (Å²) in [5, 5.41) is 6.07. The van der Waals surface area contributed by atoms with E-state index in [4.69, 9.17) is 0 Å². The smallest absolute Gasteiger partial charge is 0.271 e. The van der Waals surface area contributed by atoms with Gasteiger partial charge in [-0.05, 0) is 47.2 Å². The Morgan fingerprint density at radius 2 is 1.71 bits per heavy atom. The van der Waals surface area contributed by atoms with Crippen LogP contribution in [0, 0.1) is 0 Å². The van der Waals surface area contributed by atoms with Crippen molar-refractivity contribution < 1.29 is 18.0 Å². The van der Waals surface area contributed by atoms with Crippen LogP contribution >= 0.6 is 11.3 Å². The molecule has 31 heavy (non-hydrogen) atoms. The predicted molar refractivity (Wildman–Crippen MR) is 122 cm³/mol. The molecular weight excluding hydrogens is 434 g/mol. The first-order valence-corrected chi connectivity index (χ1v) is 12.5. The summed E-state index contributed by atoms with van der Waals surface area (Å²) in [6.45, 7) is 1.73. The topological polar surface area (TPSA) is 95.6 Å². The summed E-state index contributed by atoms with van der Waals surface area (Å²) in [6, 6.07) is 13.9. The zero-order valence-corrected chi connectivity index (χ0v) is 18.5. The van der Waals surface area contributed by atoms with E-state index < -0.39 is 15.9 Å². The number of carbonyl (C=O) groups is 2. The normalized spacial score (nSPS) is 14.0. The molecule has 0 bridgehead atoms. The Morgan fingerprint density at radius 3 is 2.39 bits per heavy atom. The molecule has 0 atom stereocenters. The first kappa shape index (κ1) is 21.3. The number of benzene rings is 2. The third-order valence-corrected chi connectivity index (χ3v) is 7.98. The second-order valence-electron chi connectivity index (χ2n) is 7.38. The lowest BCUT2D eigenvalue weighted by molar-refractivity contribution is -0.129. The molecule has 7 nitrogen and oxygen atoms in total. The van der Waals surface area contributed by atoms with Crippen LogP contribution in [-0.2, 0) is 14.8 Å². The number of carbonyl (C=O) groups excluding carboxylic acids is 2. The number of hydrogen-bond acceptors (Lipinski definition) is 5. The molecule has 2 heterocycles. The number of amides is 2. The van der Waals surface area contributed by atoms with Gasteiger partial charge in [0.25, 0.3) is 15.9 Å². The monoisotopic (exact) mass is 457 g/mol. The summed E-state index contributed by atoms with van der Waals surface area (Å²) in [5.41, 5.74) is 0.419. The van der Waals surface area contributed by atoms with Gasteiger partial charge in [-0.25, -0.2) is 8.42 Å². The lowest BCUT2D eigenvalue weighted by Crippen LogP contribution is -2.33. The Kier molecular flexibility index (Phi) is 6.24. The van der Waals surface area contributed by atoms with E-state index in [0.29, 0.717) is 0 Å². The minimum absolute atomic E-state index is 0.0231. The van der Waals surface area contributed by atoms with Crippen LogP contribution in [0.5, 0.6) is 0 Å². The summed E-state index contributed by atoms with van der Waals surface area (Å²) in [7, 11) is -3.81. The number of rotatable bonds is 7. The average Bonchev–Trinajstić information content (AvgIpc) is 3.47. The maximum atomic E-state index is 12.9. The van der Waals surface area contributed by atoms with Crippen molar-refractivity contribution in [2.24, 2.45) is 0 Å². The van der Waals surface area contributed by atoms with Crippen molar-refractivity contribution in [3.8, 4) is 0 Å². The summed E-state index contributed by atoms with van der Waals surface area (Å²) >= 11 is 1.10. The first-order chi connectivity index (χ1) is 14.9. The zero-order valence-electron chi connectivity index (χ0n) is 16.8. The lowest BCUT2D eigenvalue weighted by atomic mass is 10.0. The first-order valence-electron chi connectivity index (χ1n) is 10.1. The molecule has 0 saturated carbocycles. The third kappa shape index (κ3) is 4.88. The van der Waals surface area contributed by atoms with E-state index >= 15 is 0 Å². The van der Waals surface area contributed by atoms with E-state index in [-0.39, 0.29) is 34.3 Å². The van der Waals surface area contributed by atoms with Gasteiger partial charge in [-0.1, -0.05) is 30.3 Å². The van der Waals surface area contributed by atoms with Crippen LogP contribution in [0.4, 0.5) is 5.69 Å². The van der Waals surface area contributed by atoms with Crippen molar-refractivity contribution in [2.75, 3.05) is 24.4 Å². The quantitative estimate of drug-likeness (QED) is 0.568. The van der Waals surface area contributed by atoms with Crippen LogP contribution in [-0.4, -0.2) is 44.8 Å². The van der Waals surface area contributed by atoms with Crippen LogP contribution in [0.3, 0.4) is 0 Å². The number of hydrogen-bond donors (Lipinski definition) is 2. The molecule has 1 saturated heterocycles. The molecule has 1 aliphatic heterocycles. The Balaban J connectivity index is 1.55. The highest BCUT2D eigenvalue weighted by Crippen LogP contribution is 2.27. The molecule has 9 heteroatoms. The van der Waals surface area contributed by atoms with Gasteiger partial charge < -0.3 is 10.2 Å². The summed E-state index contributed by atoms with van der Waals surface area (Å²) in [6.07, 6.45) is 2.25. The molecule has 2 N–H and O–H groups in total. The maximum Gasteiger partial charge on any atom is 0.271 e. The maximum absolute atomic E-state index is 12.9. The largest absolute Gasteiger partial charge is 0.351 e. The van der Waals surface area contributed by atoms with Gasteiger partial charge in [0.15, 0.2) is 0 Å². The molecule has 3 aromatic rings. The zero-order chi connectivity index (χ0) is 21.8. The van der Waals surface area contributed by atoms with E-state index in [9.17, 15) is 18.0 Å². The van der Waals surface area contributed by atoms with Gasteiger partial charge >= 0.3 is 0 Å². The Labute approximate surface area is 185 Å². The Bertz CT molecular complexity index is 1200. The molecule has 0 radical (unpaired) electrons. The number of fused-ring (bicyclic) bond motifs is 1. The van der Waals surface area contributed by atoms with Gasteiger partial charge in [0.1, 0.15) is 4.21 Å². The molecule has 4 rings (SSSR count). The number of nitrogens with zero attached hydrogens (tertiary/aromatic N) is 1. The number of likely N-dealkylation sites (tertiary alicyclic amines) is 1. The van der Waals surface area contributed by atoms with Crippen LogP contribution < -0.4 is 10.0 Å². The van der Waals surface area contributed by atoms with Crippen molar-refractivity contribution in [3.63, 3.8) is 0 Å². The Morgan fingerprint density at radius 1 is 1.00 bits per heavy atom. The molecule has 162 valence electrons. The van der Waals surface area contributed by atoms with Gasteiger partial charge in [0.05, 0.1) is 11.3 Å². The standard InChI is InChI=1S/C22H23N3O4S2/c26-20(25-11-3-4-12-25)9-10-23-22(27)18-14-16-6-1-2-7-17(16)15-19(18)24-31(28,29)21-8-5-13-30-21/h1-2,5-8,13-15,24H,3-4,9-12H2,(H,23,27). The van der Waals surface area contributed by atoms with Gasteiger partial charge in [-0.15, -0.1) is 11.3 Å². The molecule has 2 amide bonds. The van der Waals surface area contributed by atoms with E-state index in [2.05, 4.69) is 10.0 Å². The third-order valence-electron chi connectivity index (χ3n) is 5.22. The Hall–Kier alpha value is -2.91. The second-order valence-corrected chi connectivity index (χ2v) is 10.2. The summed E-state index contributed by atoms with van der Waals surface area (Å²) < 4.78 is 28.2. The highest BCUT2D eigenvalue weighted by Gasteiger charge is 2.21. The van der Waals surface area contributed by atoms with Gasteiger partial charge in [-0.3, -0.25) is 14.3 Å². The van der Waals surface area contributed by atoms with Crippen molar-refractivity contribution in [1.29, 1.82) is 0 Å². The van der Waals surface area contributed by atoms with Crippen LogP contribution in [0.2, 0.25) is 0 Å². The highest BCUT2D eigenvalue weighted by molar-refractivity contribution is 7.94. The number of thiophene rings is 1. The minimum atomic E-state index is -3.81. The average molecular weight is 458 g/mol. The van der Waals surface area contributed by atoms with Crippen molar-refractivity contribution >= 4 is 49.6 Å². The molecule has 0 unspecified atom stereocenters. The second kappa shape index (κ2) is 9.07. The van der Waals surface area contributed by atoms with Crippen LogP contribution in [0.25, 0.3) is 10.8 Å². The van der Waals surface area contributed by atoms with E-state index in [1.54, 1.807) is 23.6 Å². The fourth-order valence-corrected chi connectivity index (χ4v) is 5.69. The lowest BCUT2D eigenvalue weighted by Gasteiger charge is -2.16. The highest BCUT2D eigenvalue weighted by atomic mass is 32.2. The number of anilines is 1. The molecule has 0 aliphatic carbocycles. The fourth-order valence-electron chi connectivity index (χ4n) is 3.63. The van der Waals surface area contributed by atoms with Crippen molar-refractivity contribution in [2.45, 2.75) is 23.5 Å². The van der Waals surface area contributed by atoms with Crippen LogP contribution in [0.1, 0.15) is 29.6 Å². The van der Waals surface area contributed by atoms with Gasteiger partial charge in [-0.2, -0.15) is 0 Å². The molecule has 0 spiro atoms. The van der Waals surface area contributed by atoms with E-state index in [0.717, 1.165) is 48.0 Å². The van der Waals surface area contributed by atoms with Gasteiger partial charge in [0.2, 0.25) is 5.91 Å². The van der Waals surface area contributed by atoms with E-state index in [1.807, 2.05) is 29.2 Å². The molecule has 1 aliphatic rings. The minimum Gasteiger partial charge on any atom is -0.351 e. The number of nitrogens with one attached hydrogen (secondary N) is 2. The molecule has 2 aromatic carbocycles. The SMILES string of the molecule is O=C(NCCC(=O)N1CCCC1)c1cc2ccccc2cc1NS(=O)(=O)c1cccs1. The summed E-state index contributed by atoms with van der Waals surface area (Å²) in [5.74, 6) is -0.404. The fraction of sp³-hybridized carbons (Fsp3) is 0.273. The van der Waals surface area contributed by atoms with Crippen molar-refractivity contribution in [3.05, 3.63) is 59.5 Å².